The Labute approximate surface area is 175 Å². The van der Waals surface area contributed by atoms with Crippen molar-refractivity contribution in [1.82, 2.24) is 10.3 Å². The summed E-state index contributed by atoms with van der Waals surface area (Å²) in [5.41, 5.74) is 3.03. The lowest BCUT2D eigenvalue weighted by Crippen LogP contribution is -2.48. The minimum atomic E-state index is -0.994. The van der Waals surface area contributed by atoms with Gasteiger partial charge in [0.2, 0.25) is 5.91 Å². The number of Topliss-reactive ketones (excluding diaryl/α,β-unsaturated/α-hetero) is 1. The van der Waals surface area contributed by atoms with Gasteiger partial charge in [0, 0.05) is 37.1 Å². The van der Waals surface area contributed by atoms with E-state index in [1.165, 1.54) is 7.11 Å². The number of benzene rings is 1. The molecular formula is C22H29N3O5. The van der Waals surface area contributed by atoms with E-state index in [9.17, 15) is 14.4 Å². The van der Waals surface area contributed by atoms with Crippen LogP contribution in [0.3, 0.4) is 0 Å². The molecule has 0 aliphatic heterocycles. The van der Waals surface area contributed by atoms with Crippen molar-refractivity contribution in [3.63, 3.8) is 0 Å². The molecule has 8 nitrogen and oxygen atoms in total. The highest BCUT2D eigenvalue weighted by atomic mass is 16.5. The Balaban J connectivity index is 2.13. The van der Waals surface area contributed by atoms with Gasteiger partial charge in [0.25, 0.3) is 0 Å². The second-order valence-corrected chi connectivity index (χ2v) is 7.44. The number of fused-ring (bicyclic) bond motifs is 1. The molecular weight excluding hydrogens is 386 g/mol. The Morgan fingerprint density at radius 2 is 2.00 bits per heavy atom. The van der Waals surface area contributed by atoms with E-state index in [4.69, 9.17) is 14.9 Å². The molecule has 0 fully saturated rings. The van der Waals surface area contributed by atoms with E-state index < -0.39 is 29.8 Å². The predicted octanol–water partition coefficient (Wildman–Crippen LogP) is 2.47. The molecule has 8 heteroatoms. The van der Waals surface area contributed by atoms with Gasteiger partial charge in [-0.2, -0.15) is 0 Å². The number of methoxy groups -OCH3 is 1. The number of carbonyl (C=O) groups is 3. The molecule has 0 aliphatic carbocycles. The van der Waals surface area contributed by atoms with Crippen LogP contribution in [0.1, 0.15) is 37.8 Å². The van der Waals surface area contributed by atoms with Crippen molar-refractivity contribution in [2.45, 2.75) is 58.3 Å². The molecule has 3 N–H and O–H groups in total. The van der Waals surface area contributed by atoms with Crippen molar-refractivity contribution in [1.29, 1.82) is 5.41 Å². The van der Waals surface area contributed by atoms with E-state index in [0.717, 1.165) is 22.0 Å². The summed E-state index contributed by atoms with van der Waals surface area (Å²) in [7, 11) is 1.43. The van der Waals surface area contributed by atoms with Crippen LogP contribution in [0.25, 0.3) is 10.9 Å². The number of aromatic amines is 1. The van der Waals surface area contributed by atoms with E-state index >= 15 is 0 Å². The molecule has 0 spiro atoms. The first-order chi connectivity index (χ1) is 14.3. The molecule has 2 rings (SSSR count). The van der Waals surface area contributed by atoms with Gasteiger partial charge in [-0.1, -0.05) is 18.2 Å². The van der Waals surface area contributed by atoms with Crippen LogP contribution in [0.4, 0.5) is 0 Å². The maximum Gasteiger partial charge on any atom is 0.328 e. The van der Waals surface area contributed by atoms with Gasteiger partial charge >= 0.3 is 5.97 Å². The third-order valence-electron chi connectivity index (χ3n) is 4.79. The maximum atomic E-state index is 12.8. The van der Waals surface area contributed by atoms with Gasteiger partial charge in [-0.25, -0.2) is 4.79 Å². The monoisotopic (exact) mass is 415 g/mol. The van der Waals surface area contributed by atoms with Crippen LogP contribution in [0.2, 0.25) is 0 Å². The lowest BCUT2D eigenvalue weighted by Gasteiger charge is -2.22. The van der Waals surface area contributed by atoms with Gasteiger partial charge in [-0.3, -0.25) is 9.59 Å². The maximum absolute atomic E-state index is 12.8. The Morgan fingerprint density at radius 3 is 2.63 bits per heavy atom. The standard InChI is InChI=1S/C22H29N3O5/c1-13(2)30-22(28)18(9-8-16(26)11-23)25-21(27)19(29-4)10-15-12-24-20-14(3)6-5-7-17(15)20/h5-7,11-13,18-19,23-24H,8-10H2,1-4H3,(H,25,27)/t18-,19-/m0/s1. The highest BCUT2D eigenvalue weighted by Gasteiger charge is 2.28. The molecule has 0 radical (unpaired) electrons. The fourth-order valence-corrected chi connectivity index (χ4v) is 3.20. The van der Waals surface area contributed by atoms with Crippen LogP contribution in [0, 0.1) is 12.3 Å². The number of hydrogen-bond donors (Lipinski definition) is 3. The smallest absolute Gasteiger partial charge is 0.328 e. The molecule has 1 amide bonds. The van der Waals surface area contributed by atoms with E-state index in [-0.39, 0.29) is 18.9 Å². The number of aryl methyl sites for hydroxylation is 1. The number of H-pyrrole nitrogens is 1. The summed E-state index contributed by atoms with van der Waals surface area (Å²) < 4.78 is 10.6. The summed E-state index contributed by atoms with van der Waals surface area (Å²) in [6.45, 7) is 5.41. The summed E-state index contributed by atoms with van der Waals surface area (Å²) in [6, 6.07) is 4.94. The minimum Gasteiger partial charge on any atom is -0.461 e. The summed E-state index contributed by atoms with van der Waals surface area (Å²) >= 11 is 0. The van der Waals surface area contributed by atoms with Crippen LogP contribution in [-0.4, -0.2) is 54.2 Å². The number of nitrogens with one attached hydrogen (secondary N) is 3. The van der Waals surface area contributed by atoms with Gasteiger partial charge in [0.1, 0.15) is 12.1 Å². The van der Waals surface area contributed by atoms with Crippen LogP contribution in [0.15, 0.2) is 24.4 Å². The van der Waals surface area contributed by atoms with Gasteiger partial charge in [-0.15, -0.1) is 0 Å². The van der Waals surface area contributed by atoms with Gasteiger partial charge in [0.05, 0.1) is 12.3 Å². The molecule has 1 heterocycles. The number of hydrogen-bond acceptors (Lipinski definition) is 6. The molecule has 162 valence electrons. The fraction of sp³-hybridized carbons (Fsp3) is 0.455. The molecule has 0 aliphatic rings. The van der Waals surface area contributed by atoms with E-state index in [0.29, 0.717) is 12.6 Å². The third-order valence-corrected chi connectivity index (χ3v) is 4.79. The predicted molar refractivity (Wildman–Crippen MR) is 114 cm³/mol. The normalized spacial score (nSPS) is 13.1. The van der Waals surface area contributed by atoms with Crippen molar-refractivity contribution in [3.05, 3.63) is 35.5 Å². The molecule has 0 bridgehead atoms. The van der Waals surface area contributed by atoms with Crippen molar-refractivity contribution in [3.8, 4) is 0 Å². The Kier molecular flexibility index (Phi) is 8.29. The van der Waals surface area contributed by atoms with Crippen molar-refractivity contribution < 1.29 is 23.9 Å². The molecule has 30 heavy (non-hydrogen) atoms. The van der Waals surface area contributed by atoms with Crippen molar-refractivity contribution in [2.24, 2.45) is 0 Å². The first kappa shape index (κ1) is 23.3. The van der Waals surface area contributed by atoms with Crippen LogP contribution < -0.4 is 5.32 Å². The number of esters is 1. The second kappa shape index (κ2) is 10.7. The van der Waals surface area contributed by atoms with Crippen molar-refractivity contribution in [2.75, 3.05) is 7.11 Å². The zero-order valence-electron chi connectivity index (χ0n) is 17.8. The summed E-state index contributed by atoms with van der Waals surface area (Å²) in [4.78, 5) is 39.9. The van der Waals surface area contributed by atoms with Crippen molar-refractivity contribution >= 4 is 34.8 Å². The fourth-order valence-electron chi connectivity index (χ4n) is 3.20. The van der Waals surface area contributed by atoms with Gasteiger partial charge in [0.15, 0.2) is 5.78 Å². The number of ether oxygens (including phenoxy) is 2. The number of amides is 1. The molecule has 0 unspecified atom stereocenters. The Morgan fingerprint density at radius 1 is 1.27 bits per heavy atom. The minimum absolute atomic E-state index is 0.0407. The first-order valence-electron chi connectivity index (χ1n) is 9.89. The largest absolute Gasteiger partial charge is 0.461 e. The zero-order chi connectivity index (χ0) is 22.3. The van der Waals surface area contributed by atoms with E-state index in [2.05, 4.69) is 10.3 Å². The number of rotatable bonds is 11. The van der Waals surface area contributed by atoms with E-state index in [1.807, 2.05) is 31.3 Å². The quantitative estimate of drug-likeness (QED) is 0.384. The molecule has 1 aromatic heterocycles. The average Bonchev–Trinajstić information content (AvgIpc) is 3.12. The number of aromatic nitrogens is 1. The highest BCUT2D eigenvalue weighted by molar-refractivity contribution is 6.26. The number of para-hydroxylation sites is 1. The molecule has 0 saturated heterocycles. The molecule has 0 saturated carbocycles. The lowest BCUT2D eigenvalue weighted by atomic mass is 10.0. The number of ketones is 1. The summed E-state index contributed by atoms with van der Waals surface area (Å²) in [6.07, 6.45) is 1.69. The molecule has 2 aromatic rings. The second-order valence-electron chi connectivity index (χ2n) is 7.44. The summed E-state index contributed by atoms with van der Waals surface area (Å²) in [5.74, 6) is -1.51. The SMILES string of the molecule is CO[C@@H](Cc1c[nH]c2c(C)cccc12)C(=O)N[C@@H](CCC(=O)C=N)C(=O)OC(C)C. The Bertz CT molecular complexity index is 919. The summed E-state index contributed by atoms with van der Waals surface area (Å²) in [5, 5.41) is 10.7. The van der Waals surface area contributed by atoms with Crippen LogP contribution >= 0.6 is 0 Å². The molecule has 1 aromatic carbocycles. The lowest BCUT2D eigenvalue weighted by molar-refractivity contribution is -0.152. The van der Waals surface area contributed by atoms with Gasteiger partial charge in [-0.05, 0) is 38.3 Å². The molecule has 2 atom stereocenters. The third kappa shape index (κ3) is 6.00. The van der Waals surface area contributed by atoms with E-state index in [1.54, 1.807) is 13.8 Å². The topological polar surface area (TPSA) is 121 Å². The first-order valence-corrected chi connectivity index (χ1v) is 9.89. The zero-order valence-corrected chi connectivity index (χ0v) is 17.8. The number of carbonyl (C=O) groups excluding carboxylic acids is 3. The average molecular weight is 415 g/mol. The van der Waals surface area contributed by atoms with Crippen LogP contribution in [0.5, 0.6) is 0 Å². The Hall–Kier alpha value is -3.00. The van der Waals surface area contributed by atoms with Gasteiger partial charge < -0.3 is 25.2 Å². The van der Waals surface area contributed by atoms with Crippen LogP contribution in [-0.2, 0) is 30.3 Å². The highest BCUT2D eigenvalue weighted by Crippen LogP contribution is 2.23.